The van der Waals surface area contributed by atoms with Crippen LogP contribution < -0.4 is 0 Å². The van der Waals surface area contributed by atoms with Gasteiger partial charge in [-0.15, -0.1) is 0 Å². The Kier molecular flexibility index (Phi) is 41.0. The second-order valence-corrected chi connectivity index (χ2v) is 14.3. The number of unbranched alkanes of at least 4 members (excludes halogenated alkanes) is 31. The summed E-state index contributed by atoms with van der Waals surface area (Å²) < 4.78 is 5.47. The number of rotatable bonds is 39. The van der Waals surface area contributed by atoms with Crippen LogP contribution in [0.4, 0.5) is 0 Å². The average molecular weight is 645 g/mol. The third-order valence-corrected chi connectivity index (χ3v) is 9.56. The summed E-state index contributed by atoms with van der Waals surface area (Å²) in [6, 6.07) is 0. The van der Waals surface area contributed by atoms with Gasteiger partial charge in [-0.1, -0.05) is 199 Å². The fourth-order valence-electron chi connectivity index (χ4n) is 6.36. The van der Waals surface area contributed by atoms with Crippen molar-refractivity contribution in [2.24, 2.45) is 0 Å². The van der Waals surface area contributed by atoms with E-state index >= 15 is 0 Å². The van der Waals surface area contributed by atoms with Crippen LogP contribution in [0.1, 0.15) is 245 Å². The SMILES string of the molecule is CCCCCCCC/C=C\CCCCCCCCCCCCCCOC(=O)CCCCCCCCC/C=C\CCCCCCCC. The number of allylic oxidation sites excluding steroid dienone is 4. The molecule has 0 aliphatic rings. The zero-order chi connectivity index (χ0) is 33.3. The third kappa shape index (κ3) is 41.0. The zero-order valence-corrected chi connectivity index (χ0v) is 31.8. The number of carbonyl (C=O) groups is 1. The van der Waals surface area contributed by atoms with Crippen molar-refractivity contribution in [2.45, 2.75) is 245 Å². The van der Waals surface area contributed by atoms with E-state index in [0.717, 1.165) is 12.8 Å². The second kappa shape index (κ2) is 42.0. The molecular formula is C44H84O2. The molecule has 0 aromatic heterocycles. The van der Waals surface area contributed by atoms with E-state index in [1.54, 1.807) is 0 Å². The Hall–Kier alpha value is -1.05. The van der Waals surface area contributed by atoms with Gasteiger partial charge >= 0.3 is 5.97 Å². The highest BCUT2D eigenvalue weighted by Gasteiger charge is 2.03. The first-order valence-corrected chi connectivity index (χ1v) is 21.3. The number of ether oxygens (including phenoxy) is 1. The van der Waals surface area contributed by atoms with Gasteiger partial charge in [-0.2, -0.15) is 0 Å². The van der Waals surface area contributed by atoms with E-state index in [-0.39, 0.29) is 5.97 Å². The summed E-state index contributed by atoms with van der Waals surface area (Å²) in [7, 11) is 0. The lowest BCUT2D eigenvalue weighted by molar-refractivity contribution is -0.143. The molecule has 0 atom stereocenters. The summed E-state index contributed by atoms with van der Waals surface area (Å²) >= 11 is 0. The molecule has 272 valence electrons. The predicted octanol–water partition coefficient (Wildman–Crippen LogP) is 15.7. The number of hydrogen-bond acceptors (Lipinski definition) is 2. The van der Waals surface area contributed by atoms with Crippen molar-refractivity contribution in [2.75, 3.05) is 6.61 Å². The van der Waals surface area contributed by atoms with E-state index in [1.165, 1.54) is 212 Å². The molecular weight excluding hydrogens is 560 g/mol. The van der Waals surface area contributed by atoms with E-state index in [2.05, 4.69) is 38.2 Å². The van der Waals surface area contributed by atoms with Gasteiger partial charge in [-0.05, 0) is 64.2 Å². The number of hydrogen-bond donors (Lipinski definition) is 0. The zero-order valence-electron chi connectivity index (χ0n) is 31.8. The minimum atomic E-state index is 0.0210. The van der Waals surface area contributed by atoms with E-state index < -0.39 is 0 Å². The third-order valence-electron chi connectivity index (χ3n) is 9.56. The lowest BCUT2D eigenvalue weighted by Crippen LogP contribution is -2.05. The van der Waals surface area contributed by atoms with Crippen LogP contribution in [0.25, 0.3) is 0 Å². The van der Waals surface area contributed by atoms with Crippen LogP contribution in [0.3, 0.4) is 0 Å². The van der Waals surface area contributed by atoms with Crippen LogP contribution in [0.5, 0.6) is 0 Å². The number of esters is 1. The summed E-state index contributed by atoms with van der Waals surface area (Å²) in [5.74, 6) is 0.0210. The van der Waals surface area contributed by atoms with Gasteiger partial charge < -0.3 is 4.74 Å². The first kappa shape index (κ1) is 45.0. The molecule has 0 amide bonds. The van der Waals surface area contributed by atoms with Gasteiger partial charge in [-0.25, -0.2) is 0 Å². The monoisotopic (exact) mass is 645 g/mol. The summed E-state index contributed by atoms with van der Waals surface area (Å²) in [5.41, 5.74) is 0. The van der Waals surface area contributed by atoms with Crippen LogP contribution in [-0.2, 0) is 9.53 Å². The molecule has 0 unspecified atom stereocenters. The molecule has 0 fully saturated rings. The fraction of sp³-hybridized carbons (Fsp3) is 0.886. The molecule has 0 rings (SSSR count). The normalized spacial score (nSPS) is 11.8. The molecule has 2 heteroatoms. The predicted molar refractivity (Wildman–Crippen MR) is 207 cm³/mol. The maximum absolute atomic E-state index is 12.0. The molecule has 0 aliphatic carbocycles. The Bertz CT molecular complexity index is 621. The summed E-state index contributed by atoms with van der Waals surface area (Å²) in [4.78, 5) is 12.0. The van der Waals surface area contributed by atoms with Gasteiger partial charge in [-0.3, -0.25) is 4.79 Å². The van der Waals surface area contributed by atoms with E-state index in [4.69, 9.17) is 4.74 Å². The molecule has 0 radical (unpaired) electrons. The molecule has 0 aromatic carbocycles. The maximum atomic E-state index is 12.0. The quantitative estimate of drug-likeness (QED) is 0.0378. The Morgan fingerprint density at radius 1 is 0.348 bits per heavy atom. The van der Waals surface area contributed by atoms with Crippen LogP contribution in [0, 0.1) is 0 Å². The molecule has 0 aliphatic heterocycles. The minimum Gasteiger partial charge on any atom is -0.466 e. The Labute approximate surface area is 290 Å². The lowest BCUT2D eigenvalue weighted by Gasteiger charge is -2.06. The molecule has 0 heterocycles. The van der Waals surface area contributed by atoms with Crippen molar-refractivity contribution in [1.82, 2.24) is 0 Å². The van der Waals surface area contributed by atoms with Gasteiger partial charge in [0.25, 0.3) is 0 Å². The number of carbonyl (C=O) groups excluding carboxylic acids is 1. The van der Waals surface area contributed by atoms with Crippen LogP contribution >= 0.6 is 0 Å². The van der Waals surface area contributed by atoms with E-state index in [0.29, 0.717) is 13.0 Å². The molecule has 0 spiro atoms. The van der Waals surface area contributed by atoms with Crippen molar-refractivity contribution >= 4 is 5.97 Å². The Morgan fingerprint density at radius 2 is 0.609 bits per heavy atom. The first-order chi connectivity index (χ1) is 22.8. The van der Waals surface area contributed by atoms with Crippen molar-refractivity contribution in [3.63, 3.8) is 0 Å². The second-order valence-electron chi connectivity index (χ2n) is 14.3. The lowest BCUT2D eigenvalue weighted by atomic mass is 10.0. The fourth-order valence-corrected chi connectivity index (χ4v) is 6.36. The average Bonchev–Trinajstić information content (AvgIpc) is 3.06. The Morgan fingerprint density at radius 3 is 0.935 bits per heavy atom. The van der Waals surface area contributed by atoms with Crippen molar-refractivity contribution in [3.05, 3.63) is 24.3 Å². The molecule has 0 aromatic rings. The highest BCUT2D eigenvalue weighted by molar-refractivity contribution is 5.69. The summed E-state index contributed by atoms with van der Waals surface area (Å²) in [6.45, 7) is 5.20. The largest absolute Gasteiger partial charge is 0.466 e. The topological polar surface area (TPSA) is 26.3 Å². The molecule has 0 bridgehead atoms. The van der Waals surface area contributed by atoms with E-state index in [9.17, 15) is 4.79 Å². The summed E-state index contributed by atoms with van der Waals surface area (Å²) in [6.07, 6.45) is 57.0. The first-order valence-electron chi connectivity index (χ1n) is 21.3. The Balaban J connectivity index is 3.20. The van der Waals surface area contributed by atoms with Crippen LogP contribution in [0.15, 0.2) is 24.3 Å². The maximum Gasteiger partial charge on any atom is 0.305 e. The van der Waals surface area contributed by atoms with E-state index in [1.807, 2.05) is 0 Å². The molecule has 46 heavy (non-hydrogen) atoms. The minimum absolute atomic E-state index is 0.0210. The molecule has 0 saturated heterocycles. The van der Waals surface area contributed by atoms with Crippen molar-refractivity contribution in [3.8, 4) is 0 Å². The molecule has 2 nitrogen and oxygen atoms in total. The van der Waals surface area contributed by atoms with Gasteiger partial charge in [0.15, 0.2) is 0 Å². The summed E-state index contributed by atoms with van der Waals surface area (Å²) in [5, 5.41) is 0. The van der Waals surface area contributed by atoms with Gasteiger partial charge in [0.05, 0.1) is 6.61 Å². The smallest absolute Gasteiger partial charge is 0.305 e. The standard InChI is InChI=1S/C44H84O2/c1-3-5-7-9-11-13-15-17-19-21-22-23-24-25-27-29-31-33-35-37-39-41-43-46-44(45)42-40-38-36-34-32-30-28-26-20-18-16-14-12-10-8-6-4-2/h17-20H,3-16,21-43H2,1-2H3/b19-17-,20-18-. The van der Waals surface area contributed by atoms with Gasteiger partial charge in [0.2, 0.25) is 0 Å². The van der Waals surface area contributed by atoms with Gasteiger partial charge in [0.1, 0.15) is 0 Å². The van der Waals surface area contributed by atoms with Crippen molar-refractivity contribution < 1.29 is 9.53 Å². The molecule has 0 saturated carbocycles. The van der Waals surface area contributed by atoms with Crippen LogP contribution in [-0.4, -0.2) is 12.6 Å². The van der Waals surface area contributed by atoms with Gasteiger partial charge in [0, 0.05) is 6.42 Å². The highest BCUT2D eigenvalue weighted by atomic mass is 16.5. The molecule has 0 N–H and O–H groups in total. The van der Waals surface area contributed by atoms with Crippen molar-refractivity contribution in [1.29, 1.82) is 0 Å². The highest BCUT2D eigenvalue weighted by Crippen LogP contribution is 2.14. The van der Waals surface area contributed by atoms with Crippen LogP contribution in [0.2, 0.25) is 0 Å².